The Balaban J connectivity index is 0.618. The summed E-state index contributed by atoms with van der Waals surface area (Å²) in [6.45, 7) is 0. The Kier molecular flexibility index (Phi) is 13.9. The topological polar surface area (TPSA) is 75.4 Å². The third-order valence-corrected chi connectivity index (χ3v) is 21.9. The molecule has 13 aromatic carbocycles. The lowest BCUT2D eigenvalue weighted by Crippen LogP contribution is -2.70. The molecule has 2 heterocycles. The van der Waals surface area contributed by atoms with Gasteiger partial charge in [-0.25, -0.2) is 24.9 Å². The standard InChI is InChI=1S/C92H66N6/c1-5-18-58(19-6-1)60-40-44-66(45-41-60)88-93-86(64-22-9-3-10-23-64)95-90(97-88)75-32-15-29-71(52-75)69-27-13-26-68(50-69)62-36-38-63(39-37-62)73-48-49-80-82(54-73)84-57-78-55-77-56-83(92(77,78)84)81-35-17-34-79(85(80)81)74-31-14-28-70(51-74)72-30-16-33-76(53-72)91-96-87(65-24-11-4-12-25-65)94-89(98-91)67-46-42-61(43-47-67)59-20-7-2-8-21-59/h1-54,77-78,83-84,89H,55-57H2,(H,94,96,98). The van der Waals surface area contributed by atoms with Gasteiger partial charge in [-0.3, -0.25) is 0 Å². The van der Waals surface area contributed by atoms with Crippen LogP contribution < -0.4 is 5.32 Å². The summed E-state index contributed by atoms with van der Waals surface area (Å²) in [5, 5.41) is 3.68. The summed E-state index contributed by atoms with van der Waals surface area (Å²) < 4.78 is 0. The van der Waals surface area contributed by atoms with E-state index in [1.165, 1.54) is 86.0 Å². The zero-order chi connectivity index (χ0) is 64.7. The largest absolute Gasteiger partial charge is 0.344 e. The molecule has 6 nitrogen and oxygen atoms in total. The van der Waals surface area contributed by atoms with Crippen molar-refractivity contribution in [3.8, 4) is 123 Å². The van der Waals surface area contributed by atoms with Gasteiger partial charge in [0.05, 0.1) is 0 Å². The monoisotopic (exact) mass is 1250 g/mol. The average Bonchev–Trinajstić information content (AvgIpc) is 1.29. The quantitative estimate of drug-likeness (QED) is 0.125. The van der Waals surface area contributed by atoms with E-state index in [0.717, 1.165) is 78.9 Å². The highest BCUT2D eigenvalue weighted by Crippen LogP contribution is 2.86. The SMILES string of the molecule is c1ccc(C2=NC(c3cccc(-c4cccc(-c5cccc6c5-c5ccc(-c7ccc(-c8cccc(-c9cccc(-c%10nc(-c%11ccccc%11)nc(-c%11ccc(-c%12ccccc%12)cc%11)n%10)c9)c8)cc7)cc5C5CC7CC8CC6C785)c4)c3)=NC(c3ccc(-c4ccccc4)cc3)N2)cc1. The van der Waals surface area contributed by atoms with Crippen LogP contribution >= 0.6 is 0 Å². The smallest absolute Gasteiger partial charge is 0.164 e. The maximum Gasteiger partial charge on any atom is 0.164 e. The molecule has 1 spiro atoms. The second kappa shape index (κ2) is 23.7. The molecule has 6 atom stereocenters. The van der Waals surface area contributed by atoms with Crippen molar-refractivity contribution in [2.75, 3.05) is 0 Å². The highest BCUT2D eigenvalue weighted by atomic mass is 15.2. The molecule has 6 unspecified atom stereocenters. The van der Waals surface area contributed by atoms with Gasteiger partial charge in [0.15, 0.2) is 23.3 Å². The van der Waals surface area contributed by atoms with E-state index in [1.807, 2.05) is 30.3 Å². The van der Waals surface area contributed by atoms with Crippen molar-refractivity contribution in [3.05, 3.63) is 355 Å². The number of fused-ring (bicyclic) bond motifs is 5. The fourth-order valence-corrected chi connectivity index (χ4v) is 17.1. The third-order valence-electron chi connectivity index (χ3n) is 21.9. The molecular formula is C92H66N6. The molecule has 3 fully saturated rings. The molecule has 0 radical (unpaired) electrons. The molecule has 1 aliphatic heterocycles. The van der Waals surface area contributed by atoms with E-state index >= 15 is 0 Å². The molecule has 0 bridgehead atoms. The van der Waals surface area contributed by atoms with Crippen LogP contribution in [0.1, 0.15) is 65.1 Å². The van der Waals surface area contributed by atoms with Gasteiger partial charge in [-0.15, -0.1) is 0 Å². The Hall–Kier alpha value is -12.0. The number of nitrogens with zero attached hydrogens (tertiary/aromatic N) is 5. The first kappa shape index (κ1) is 57.5. The third kappa shape index (κ3) is 9.97. The summed E-state index contributed by atoms with van der Waals surface area (Å²) in [7, 11) is 0. The number of aromatic nitrogens is 3. The van der Waals surface area contributed by atoms with Crippen LogP contribution in [0.2, 0.25) is 0 Å². The van der Waals surface area contributed by atoms with Crippen LogP contribution in [0.15, 0.2) is 338 Å². The van der Waals surface area contributed by atoms with Gasteiger partial charge in [0.2, 0.25) is 0 Å². The summed E-state index contributed by atoms with van der Waals surface area (Å²) in [5.41, 5.74) is 28.8. The van der Waals surface area contributed by atoms with E-state index in [0.29, 0.717) is 40.6 Å². The van der Waals surface area contributed by atoms with Gasteiger partial charge in [-0.1, -0.05) is 303 Å². The zero-order valence-electron chi connectivity index (χ0n) is 53.9. The van der Waals surface area contributed by atoms with Crippen molar-refractivity contribution in [1.29, 1.82) is 0 Å². The first-order valence-corrected chi connectivity index (χ1v) is 34.4. The maximum absolute atomic E-state index is 5.32. The Bertz CT molecular complexity index is 5450. The zero-order valence-corrected chi connectivity index (χ0v) is 53.9. The van der Waals surface area contributed by atoms with Crippen LogP contribution in [0.3, 0.4) is 0 Å². The minimum Gasteiger partial charge on any atom is -0.344 e. The van der Waals surface area contributed by atoms with Gasteiger partial charge in [-0.2, -0.15) is 0 Å². The summed E-state index contributed by atoms with van der Waals surface area (Å²) in [6, 6.07) is 118. The lowest BCUT2D eigenvalue weighted by atomic mass is 9.25. The number of amidine groups is 2. The van der Waals surface area contributed by atoms with E-state index in [2.05, 4.69) is 303 Å². The molecule has 19 rings (SSSR count). The van der Waals surface area contributed by atoms with Gasteiger partial charge in [0.25, 0.3) is 0 Å². The van der Waals surface area contributed by atoms with Gasteiger partial charge in [-0.05, 0) is 178 Å². The molecule has 464 valence electrons. The second-order valence-corrected chi connectivity index (χ2v) is 27.1. The number of nitrogens with one attached hydrogen (secondary N) is 1. The molecule has 14 aromatic rings. The molecule has 98 heavy (non-hydrogen) atoms. The van der Waals surface area contributed by atoms with Crippen LogP contribution in [0.25, 0.3) is 123 Å². The molecule has 6 heteroatoms. The lowest BCUT2D eigenvalue weighted by molar-refractivity contribution is -0.252. The summed E-state index contributed by atoms with van der Waals surface area (Å²) in [6.07, 6.45) is 3.64. The lowest BCUT2D eigenvalue weighted by Gasteiger charge is -2.78. The number of aliphatic imine (C=N–C) groups is 2. The number of benzene rings is 13. The van der Waals surface area contributed by atoms with E-state index in [1.54, 1.807) is 5.56 Å². The van der Waals surface area contributed by atoms with Crippen molar-refractivity contribution >= 4 is 11.7 Å². The molecule has 1 N–H and O–H groups in total. The number of rotatable bonds is 13. The molecule has 4 aliphatic carbocycles. The van der Waals surface area contributed by atoms with Crippen LogP contribution in [-0.2, 0) is 0 Å². The average molecular weight is 1260 g/mol. The molecule has 0 amide bonds. The summed E-state index contributed by atoms with van der Waals surface area (Å²) in [4.78, 5) is 25.8. The van der Waals surface area contributed by atoms with Crippen LogP contribution in [0, 0.1) is 17.3 Å². The van der Waals surface area contributed by atoms with Gasteiger partial charge >= 0.3 is 0 Å². The molecule has 5 aliphatic rings. The van der Waals surface area contributed by atoms with Gasteiger partial charge in [0.1, 0.15) is 12.0 Å². The van der Waals surface area contributed by atoms with Crippen molar-refractivity contribution < 1.29 is 0 Å². The van der Waals surface area contributed by atoms with Crippen molar-refractivity contribution in [2.45, 2.75) is 37.3 Å². The van der Waals surface area contributed by atoms with E-state index in [4.69, 9.17) is 24.9 Å². The van der Waals surface area contributed by atoms with Crippen LogP contribution in [0.5, 0.6) is 0 Å². The molecule has 0 saturated heterocycles. The van der Waals surface area contributed by atoms with Gasteiger partial charge in [0, 0.05) is 27.8 Å². The highest BCUT2D eigenvalue weighted by molar-refractivity contribution is 6.13. The fraction of sp³-hybridized carbons (Fsp3) is 0.0978. The summed E-state index contributed by atoms with van der Waals surface area (Å²) >= 11 is 0. The van der Waals surface area contributed by atoms with Gasteiger partial charge < -0.3 is 5.32 Å². The first-order valence-electron chi connectivity index (χ1n) is 34.4. The van der Waals surface area contributed by atoms with Crippen molar-refractivity contribution in [1.82, 2.24) is 20.3 Å². The summed E-state index contributed by atoms with van der Waals surface area (Å²) in [5.74, 6) is 6.17. The number of hydrogen-bond donors (Lipinski definition) is 1. The highest BCUT2D eigenvalue weighted by Gasteiger charge is 2.76. The van der Waals surface area contributed by atoms with E-state index in [-0.39, 0.29) is 6.17 Å². The van der Waals surface area contributed by atoms with E-state index < -0.39 is 0 Å². The van der Waals surface area contributed by atoms with Crippen LogP contribution in [-0.4, -0.2) is 26.6 Å². The second-order valence-electron chi connectivity index (χ2n) is 27.1. The molecular weight excluding hydrogens is 1190 g/mol. The first-order chi connectivity index (χ1) is 48.5. The van der Waals surface area contributed by atoms with E-state index in [9.17, 15) is 0 Å². The van der Waals surface area contributed by atoms with Crippen molar-refractivity contribution in [3.63, 3.8) is 0 Å². The molecule has 1 aromatic heterocycles. The molecule has 3 saturated carbocycles. The Morgan fingerprint density at radius 3 is 1.22 bits per heavy atom. The van der Waals surface area contributed by atoms with Crippen LogP contribution in [0.4, 0.5) is 0 Å². The predicted octanol–water partition coefficient (Wildman–Crippen LogP) is 22.3. The Labute approximate surface area is 571 Å². The fourth-order valence-electron chi connectivity index (χ4n) is 17.1. The van der Waals surface area contributed by atoms with Crippen molar-refractivity contribution in [2.24, 2.45) is 27.2 Å². The predicted molar refractivity (Wildman–Crippen MR) is 400 cm³/mol. The number of hydrogen-bond acceptors (Lipinski definition) is 6. The normalized spacial score (nSPS) is 19.0. The minimum absolute atomic E-state index is 0.317. The Morgan fingerprint density at radius 2 is 0.653 bits per heavy atom. The Morgan fingerprint density at radius 1 is 0.276 bits per heavy atom. The maximum atomic E-state index is 5.32. The minimum atomic E-state index is -0.317.